The van der Waals surface area contributed by atoms with Crippen molar-refractivity contribution in [3.05, 3.63) is 0 Å². The molecule has 1 aliphatic rings. The van der Waals surface area contributed by atoms with Gasteiger partial charge in [-0.05, 0) is 62.7 Å². The van der Waals surface area contributed by atoms with E-state index in [2.05, 4.69) is 69.2 Å². The zero-order valence-corrected chi connectivity index (χ0v) is 47.5. The Hall–Kier alpha value is -2.24. The van der Waals surface area contributed by atoms with E-state index >= 15 is 0 Å². The minimum Gasteiger partial charge on any atom is -0.456 e. The van der Waals surface area contributed by atoms with Gasteiger partial charge in [0, 0.05) is 19.3 Å². The summed E-state index contributed by atoms with van der Waals surface area (Å²) in [5.41, 5.74) is 0. The molecule has 0 radical (unpaired) electrons. The summed E-state index contributed by atoms with van der Waals surface area (Å²) in [6.07, 6.45) is 14.3. The number of ether oxygens (including phenoxy) is 7. The first-order valence-electron chi connectivity index (χ1n) is 29.4. The van der Waals surface area contributed by atoms with E-state index in [0.29, 0.717) is 18.8 Å². The van der Waals surface area contributed by atoms with Crippen molar-refractivity contribution in [1.29, 1.82) is 0 Å². The minimum absolute atomic E-state index is 0.0824. The smallest absolute Gasteiger partial charge is 0.309 e. The largest absolute Gasteiger partial charge is 0.456 e. The van der Waals surface area contributed by atoms with Crippen LogP contribution in [0.15, 0.2) is 0 Å². The van der Waals surface area contributed by atoms with Crippen molar-refractivity contribution in [2.24, 2.45) is 29.6 Å². The molecule has 1 aliphatic carbocycles. The highest BCUT2D eigenvalue weighted by atomic mass is 16.7. The van der Waals surface area contributed by atoms with Crippen LogP contribution in [-0.2, 0) is 52.3 Å². The molecule has 7 atom stereocenters. The fraction of sp³-hybridized carbons (Fsp3) is 0.932. The molecule has 0 aromatic carbocycles. The highest BCUT2D eigenvalue weighted by Gasteiger charge is 2.60. The second kappa shape index (κ2) is 40.2. The first kappa shape index (κ1) is 65.8. The monoisotopic (exact) mass is 995 g/mol. The Morgan fingerprint density at radius 3 is 1.04 bits per heavy atom. The summed E-state index contributed by atoms with van der Waals surface area (Å²) in [7, 11) is 0. The third-order valence-corrected chi connectivity index (χ3v) is 14.4. The molecule has 70 heavy (non-hydrogen) atoms. The minimum atomic E-state index is -1.33. The van der Waals surface area contributed by atoms with Crippen molar-refractivity contribution < 1.29 is 52.3 Å². The summed E-state index contributed by atoms with van der Waals surface area (Å²) >= 11 is 0. The summed E-state index contributed by atoms with van der Waals surface area (Å²) < 4.78 is 47.4. The molecule has 1 unspecified atom stereocenters. The van der Waals surface area contributed by atoms with Crippen molar-refractivity contribution in [3.8, 4) is 0 Å². The zero-order chi connectivity index (χ0) is 52.3. The molecule has 1 saturated carbocycles. The van der Waals surface area contributed by atoms with Gasteiger partial charge in [0.1, 0.15) is 19.0 Å². The Kier molecular flexibility index (Phi) is 37.8. The molecule has 0 bridgehead atoms. The second-order valence-corrected chi connectivity index (χ2v) is 21.2. The predicted molar refractivity (Wildman–Crippen MR) is 283 cm³/mol. The Labute approximate surface area is 429 Å². The van der Waals surface area contributed by atoms with Crippen LogP contribution in [0.3, 0.4) is 0 Å². The van der Waals surface area contributed by atoms with Gasteiger partial charge in [0.2, 0.25) is 0 Å². The SMILES string of the molecule is CCCC(CCC)CC(=O)O[C@@H]1[C@H](OC(=O)CC(CCC)CCC)[C@@H](OC(C)CC(CCC)CCC)[C@H](OC(=O)CC(CCC)CCC)[C@@H](OCOC(CCC)CCC)[C@@H]1OC(=O)C(CCC)CCC. The van der Waals surface area contributed by atoms with E-state index in [1.165, 1.54) is 0 Å². The van der Waals surface area contributed by atoms with Crippen LogP contribution >= 0.6 is 0 Å². The molecule has 0 saturated heterocycles. The van der Waals surface area contributed by atoms with Crippen LogP contribution in [0.5, 0.6) is 0 Å². The van der Waals surface area contributed by atoms with E-state index in [1.807, 2.05) is 20.8 Å². The number of carbonyl (C=O) groups is 4. The third-order valence-electron chi connectivity index (χ3n) is 14.4. The molecule has 1 rings (SSSR count). The third kappa shape index (κ3) is 25.6. The van der Waals surface area contributed by atoms with E-state index < -0.39 is 66.4 Å². The molecular weight excluding hydrogens is 885 g/mol. The van der Waals surface area contributed by atoms with Crippen LogP contribution < -0.4 is 0 Å². The first-order chi connectivity index (χ1) is 33.8. The molecule has 11 heteroatoms. The topological polar surface area (TPSA) is 133 Å². The lowest BCUT2D eigenvalue weighted by Gasteiger charge is -2.49. The van der Waals surface area contributed by atoms with Crippen LogP contribution in [0.2, 0.25) is 0 Å². The molecule has 412 valence electrons. The number of carbonyl (C=O) groups excluding carboxylic acids is 4. The van der Waals surface area contributed by atoms with Gasteiger partial charge in [-0.3, -0.25) is 19.2 Å². The molecule has 0 N–H and O–H groups in total. The number of esters is 4. The van der Waals surface area contributed by atoms with E-state index in [1.54, 1.807) is 0 Å². The highest BCUT2D eigenvalue weighted by molar-refractivity contribution is 5.74. The van der Waals surface area contributed by atoms with Gasteiger partial charge in [0.15, 0.2) is 24.4 Å². The van der Waals surface area contributed by atoms with E-state index in [-0.39, 0.29) is 56.0 Å². The van der Waals surface area contributed by atoms with E-state index in [9.17, 15) is 19.2 Å². The maximum Gasteiger partial charge on any atom is 0.309 e. The molecule has 0 aliphatic heterocycles. The summed E-state index contributed by atoms with van der Waals surface area (Å²) in [4.78, 5) is 58.5. The van der Waals surface area contributed by atoms with Crippen LogP contribution in [0.1, 0.15) is 270 Å². The van der Waals surface area contributed by atoms with Gasteiger partial charge in [-0.25, -0.2) is 0 Å². The maximum absolute atomic E-state index is 14.7. The Balaban J connectivity index is 4.45. The average molecular weight is 996 g/mol. The maximum atomic E-state index is 14.7. The summed E-state index contributed by atoms with van der Waals surface area (Å²) in [5.74, 6) is -1.58. The average Bonchev–Trinajstić information content (AvgIpc) is 3.30. The molecule has 0 aromatic rings. The number of hydrogen-bond donors (Lipinski definition) is 0. The van der Waals surface area contributed by atoms with E-state index in [0.717, 1.165) is 148 Å². The summed E-state index contributed by atoms with van der Waals surface area (Å²) in [5, 5.41) is 0. The van der Waals surface area contributed by atoms with Gasteiger partial charge in [-0.2, -0.15) is 0 Å². The highest BCUT2D eigenvalue weighted by Crippen LogP contribution is 2.38. The first-order valence-corrected chi connectivity index (χ1v) is 29.4. The number of hydrogen-bond acceptors (Lipinski definition) is 11. The standard InChI is InChI=1S/C59H110O11/c1-14-26-44(27-15-2)38-43(13)66-56-54(67-50(60)39-45(28-16-3)29-17-4)53(65-42-64-49(36-24-11)37-25-12)55(70-59(63)48(34-22-9)35-23-10)57(68-51(61)40-46(30-18-5)31-19-6)58(56)69-52(62)41-47(32-20-7)33-21-8/h43-49,53-58H,14-42H2,1-13H3/t43?,53-,54-,55+,56+,57+,58-/m1/s1. The fourth-order valence-corrected chi connectivity index (χ4v) is 11.3. The fourth-order valence-electron chi connectivity index (χ4n) is 11.3. The molecule has 0 spiro atoms. The molecule has 0 aromatic heterocycles. The van der Waals surface area contributed by atoms with Crippen LogP contribution in [-0.4, -0.2) is 79.5 Å². The van der Waals surface area contributed by atoms with Crippen LogP contribution in [0, 0.1) is 29.6 Å². The van der Waals surface area contributed by atoms with Gasteiger partial charge in [0.05, 0.1) is 18.1 Å². The quantitative estimate of drug-likeness (QED) is 0.0328. The molecule has 1 fully saturated rings. The van der Waals surface area contributed by atoms with Crippen molar-refractivity contribution >= 4 is 23.9 Å². The molecule has 0 heterocycles. The lowest BCUT2D eigenvalue weighted by Crippen LogP contribution is -2.69. The van der Waals surface area contributed by atoms with Crippen LogP contribution in [0.25, 0.3) is 0 Å². The molecular formula is C59H110O11. The normalized spacial score (nSPS) is 20.0. The Morgan fingerprint density at radius 1 is 0.371 bits per heavy atom. The Morgan fingerprint density at radius 2 is 0.686 bits per heavy atom. The van der Waals surface area contributed by atoms with Crippen molar-refractivity contribution in [2.75, 3.05) is 6.79 Å². The van der Waals surface area contributed by atoms with Crippen LogP contribution in [0.4, 0.5) is 0 Å². The van der Waals surface area contributed by atoms with Gasteiger partial charge in [-0.15, -0.1) is 0 Å². The van der Waals surface area contributed by atoms with Gasteiger partial charge in [-0.1, -0.05) is 212 Å². The van der Waals surface area contributed by atoms with Crippen molar-refractivity contribution in [2.45, 2.75) is 319 Å². The van der Waals surface area contributed by atoms with Crippen molar-refractivity contribution in [1.82, 2.24) is 0 Å². The Bertz CT molecular complexity index is 1300. The predicted octanol–water partition coefficient (Wildman–Crippen LogP) is 15.4. The van der Waals surface area contributed by atoms with Gasteiger partial charge >= 0.3 is 23.9 Å². The lowest BCUT2D eigenvalue weighted by atomic mass is 9.82. The lowest BCUT2D eigenvalue weighted by molar-refractivity contribution is -0.285. The molecule has 11 nitrogen and oxygen atoms in total. The summed E-state index contributed by atoms with van der Waals surface area (Å²) in [6.45, 7) is 27.3. The second-order valence-electron chi connectivity index (χ2n) is 21.2. The zero-order valence-electron chi connectivity index (χ0n) is 47.5. The number of rotatable bonds is 43. The summed E-state index contributed by atoms with van der Waals surface area (Å²) in [6, 6.07) is 0. The van der Waals surface area contributed by atoms with Crippen molar-refractivity contribution in [3.63, 3.8) is 0 Å². The van der Waals surface area contributed by atoms with Gasteiger partial charge < -0.3 is 33.2 Å². The van der Waals surface area contributed by atoms with E-state index in [4.69, 9.17) is 33.2 Å². The molecule has 0 amide bonds. The van der Waals surface area contributed by atoms with Gasteiger partial charge in [0.25, 0.3) is 0 Å².